The van der Waals surface area contributed by atoms with Crippen LogP contribution in [-0.4, -0.2) is 7.11 Å². The first-order valence-corrected chi connectivity index (χ1v) is 6.08. The Morgan fingerprint density at radius 3 is 2.55 bits per heavy atom. The van der Waals surface area contributed by atoms with Gasteiger partial charge in [-0.15, -0.1) is 0 Å². The van der Waals surface area contributed by atoms with Crippen LogP contribution in [0, 0.1) is 10.7 Å². The second kappa shape index (κ2) is 6.10. The van der Waals surface area contributed by atoms with Crippen LogP contribution in [0.4, 0.5) is 4.39 Å². The Kier molecular flexibility index (Phi) is 4.25. The summed E-state index contributed by atoms with van der Waals surface area (Å²) in [7, 11) is 1.59. The quantitative estimate of drug-likeness (QED) is 0.755. The Hall–Kier alpha value is -2.49. The Morgan fingerprint density at radius 1 is 1.25 bits per heavy atom. The van der Waals surface area contributed by atoms with Gasteiger partial charge in [-0.1, -0.05) is 36.0 Å². The number of benzene rings is 2. The lowest BCUT2D eigenvalue weighted by Crippen LogP contribution is -1.91. The van der Waals surface area contributed by atoms with Gasteiger partial charge in [0.05, 0.1) is 7.11 Å². The summed E-state index contributed by atoms with van der Waals surface area (Å²) in [5.74, 6) is 0.282. The number of hydrogen-bond donors (Lipinski definition) is 0. The molecule has 0 unspecified atom stereocenters. The molecule has 20 heavy (non-hydrogen) atoms. The fourth-order valence-electron chi connectivity index (χ4n) is 2.00. The third-order valence-electron chi connectivity index (χ3n) is 3.07. The summed E-state index contributed by atoms with van der Waals surface area (Å²) in [5.41, 5.74) is 2.71. The van der Waals surface area contributed by atoms with E-state index in [-0.39, 0.29) is 6.54 Å². The molecule has 0 aromatic heterocycles. The average Bonchev–Trinajstić information content (AvgIpc) is 2.48. The zero-order valence-corrected chi connectivity index (χ0v) is 11.1. The molecule has 0 bridgehead atoms. The Bertz CT molecular complexity index is 653. The maximum atomic E-state index is 13.8. The van der Waals surface area contributed by atoms with Gasteiger partial charge in [-0.3, -0.25) is 0 Å². The lowest BCUT2D eigenvalue weighted by molar-refractivity contribution is 0.414. The largest absolute Gasteiger partial charge is 0.496 e. The number of nitroso groups, excluding NO2 is 1. The highest BCUT2D eigenvalue weighted by molar-refractivity contribution is 5.70. The Balaban J connectivity index is 2.43. The van der Waals surface area contributed by atoms with Crippen LogP contribution in [0.5, 0.6) is 5.75 Å². The van der Waals surface area contributed by atoms with E-state index in [9.17, 15) is 9.30 Å². The molecule has 0 atom stereocenters. The van der Waals surface area contributed by atoms with Gasteiger partial charge in [0.1, 0.15) is 18.1 Å². The molecule has 0 saturated heterocycles. The first-order valence-electron chi connectivity index (χ1n) is 6.08. The van der Waals surface area contributed by atoms with E-state index in [0.29, 0.717) is 11.3 Å². The minimum Gasteiger partial charge on any atom is -0.496 e. The highest BCUT2D eigenvalue weighted by atomic mass is 19.1. The standard InChI is InChI=1S/C16H14FNO2/c1-3-11-8-12(6-7-16(11)20-2)13-4-5-14(10-18-19)15(17)9-13/h3-9H,1,10H2,2H3. The predicted octanol–water partition coefficient (Wildman–Crippen LogP) is 4.41. The topological polar surface area (TPSA) is 38.7 Å². The van der Waals surface area contributed by atoms with Crippen LogP contribution >= 0.6 is 0 Å². The fraction of sp³-hybridized carbons (Fsp3) is 0.125. The minimum atomic E-state index is -0.432. The predicted molar refractivity (Wildman–Crippen MR) is 78.0 cm³/mol. The molecule has 0 heterocycles. The lowest BCUT2D eigenvalue weighted by atomic mass is 10.0. The van der Waals surface area contributed by atoms with Gasteiger partial charge in [-0.05, 0) is 29.3 Å². The smallest absolute Gasteiger partial charge is 0.129 e. The number of methoxy groups -OCH3 is 1. The van der Waals surface area contributed by atoms with Crippen LogP contribution in [0.1, 0.15) is 11.1 Å². The zero-order chi connectivity index (χ0) is 14.5. The van der Waals surface area contributed by atoms with Crippen molar-refractivity contribution in [1.29, 1.82) is 0 Å². The van der Waals surface area contributed by atoms with Crippen molar-refractivity contribution in [1.82, 2.24) is 0 Å². The lowest BCUT2D eigenvalue weighted by Gasteiger charge is -2.09. The molecule has 0 spiro atoms. The van der Waals surface area contributed by atoms with Crippen LogP contribution < -0.4 is 4.74 Å². The van der Waals surface area contributed by atoms with E-state index in [1.54, 1.807) is 25.3 Å². The first kappa shape index (κ1) is 13.9. The van der Waals surface area contributed by atoms with Crippen LogP contribution in [0.15, 0.2) is 48.2 Å². The third-order valence-corrected chi connectivity index (χ3v) is 3.07. The van der Waals surface area contributed by atoms with Crippen LogP contribution in [-0.2, 0) is 6.54 Å². The summed E-state index contributed by atoms with van der Waals surface area (Å²) in [5, 5.41) is 2.70. The molecule has 0 aliphatic carbocycles. The molecule has 0 aliphatic rings. The maximum Gasteiger partial charge on any atom is 0.129 e. The minimum absolute atomic E-state index is 0.160. The molecule has 2 aromatic rings. The second-order valence-electron chi connectivity index (χ2n) is 4.25. The van der Waals surface area contributed by atoms with Crippen molar-refractivity contribution in [3.63, 3.8) is 0 Å². The summed E-state index contributed by atoms with van der Waals surface area (Å²) in [6.45, 7) is 3.57. The summed E-state index contributed by atoms with van der Waals surface area (Å²) in [4.78, 5) is 10.2. The molecular formula is C16H14FNO2. The Morgan fingerprint density at radius 2 is 1.95 bits per heavy atom. The van der Waals surface area contributed by atoms with Crippen LogP contribution in [0.25, 0.3) is 17.2 Å². The van der Waals surface area contributed by atoms with E-state index in [2.05, 4.69) is 11.8 Å². The fourth-order valence-corrected chi connectivity index (χ4v) is 2.00. The molecular weight excluding hydrogens is 257 g/mol. The summed E-state index contributed by atoms with van der Waals surface area (Å²) >= 11 is 0. The number of nitrogens with zero attached hydrogens (tertiary/aromatic N) is 1. The van der Waals surface area contributed by atoms with Crippen LogP contribution in [0.3, 0.4) is 0 Å². The molecule has 0 amide bonds. The number of hydrogen-bond acceptors (Lipinski definition) is 3. The zero-order valence-electron chi connectivity index (χ0n) is 11.1. The van der Waals surface area contributed by atoms with Gasteiger partial charge < -0.3 is 4.74 Å². The van der Waals surface area contributed by atoms with E-state index in [4.69, 9.17) is 4.74 Å². The normalized spacial score (nSPS) is 10.1. The summed E-state index contributed by atoms with van der Waals surface area (Å²) < 4.78 is 19.0. The maximum absolute atomic E-state index is 13.8. The van der Waals surface area contributed by atoms with Crippen molar-refractivity contribution in [3.8, 4) is 16.9 Å². The molecule has 0 fully saturated rings. The van der Waals surface area contributed by atoms with Crippen molar-refractivity contribution in [2.45, 2.75) is 6.54 Å². The van der Waals surface area contributed by atoms with E-state index < -0.39 is 5.82 Å². The SMILES string of the molecule is C=Cc1cc(-c2ccc(CN=O)c(F)c2)ccc1OC. The second-order valence-corrected chi connectivity index (χ2v) is 4.25. The van der Waals surface area contributed by atoms with Gasteiger partial charge in [-0.2, -0.15) is 4.91 Å². The molecule has 0 saturated carbocycles. The monoisotopic (exact) mass is 271 g/mol. The first-order chi connectivity index (χ1) is 9.69. The molecule has 4 heteroatoms. The highest BCUT2D eigenvalue weighted by Gasteiger charge is 2.07. The molecule has 3 nitrogen and oxygen atoms in total. The molecule has 0 aliphatic heterocycles. The molecule has 102 valence electrons. The van der Waals surface area contributed by atoms with E-state index in [0.717, 1.165) is 16.7 Å². The van der Waals surface area contributed by atoms with Gasteiger partial charge in [0.25, 0.3) is 0 Å². The molecule has 2 rings (SSSR count). The molecule has 2 aromatic carbocycles. The van der Waals surface area contributed by atoms with Gasteiger partial charge >= 0.3 is 0 Å². The van der Waals surface area contributed by atoms with Gasteiger partial charge in [0.2, 0.25) is 0 Å². The highest BCUT2D eigenvalue weighted by Crippen LogP contribution is 2.28. The number of ether oxygens (including phenoxy) is 1. The van der Waals surface area contributed by atoms with E-state index in [1.165, 1.54) is 6.07 Å². The summed E-state index contributed by atoms with van der Waals surface area (Å²) in [6.07, 6.45) is 1.68. The van der Waals surface area contributed by atoms with E-state index in [1.807, 2.05) is 18.2 Å². The van der Waals surface area contributed by atoms with Crippen molar-refractivity contribution < 1.29 is 9.13 Å². The van der Waals surface area contributed by atoms with Gasteiger partial charge in [0, 0.05) is 11.1 Å². The molecule has 0 radical (unpaired) electrons. The Labute approximate surface area is 116 Å². The van der Waals surface area contributed by atoms with Gasteiger partial charge in [-0.25, -0.2) is 4.39 Å². The summed E-state index contributed by atoms with van der Waals surface area (Å²) in [6, 6.07) is 10.3. The van der Waals surface area contributed by atoms with Crippen molar-refractivity contribution in [2.75, 3.05) is 7.11 Å². The number of halogens is 1. The third kappa shape index (κ3) is 2.74. The number of rotatable bonds is 5. The van der Waals surface area contributed by atoms with Crippen molar-refractivity contribution >= 4 is 6.08 Å². The van der Waals surface area contributed by atoms with Crippen molar-refractivity contribution in [3.05, 3.63) is 64.8 Å². The van der Waals surface area contributed by atoms with Crippen LogP contribution in [0.2, 0.25) is 0 Å². The van der Waals surface area contributed by atoms with Crippen molar-refractivity contribution in [2.24, 2.45) is 5.18 Å². The van der Waals surface area contributed by atoms with E-state index >= 15 is 0 Å². The molecule has 0 N–H and O–H groups in total. The average molecular weight is 271 g/mol. The van der Waals surface area contributed by atoms with Gasteiger partial charge in [0.15, 0.2) is 0 Å².